The molecule has 2 unspecified atom stereocenters. The SMILES string of the molecule is CC/C=C\C/C=C\C/C=C\C/C=C\C/C=C\C/C=C\CCCCCCCCCCC(=O)OC(COC(=O)CCCCCCCCCCC)COC(OCC[N+](C)(C)C)C(=O)[O-]. The Bertz CT molecular complexity index is 1230. The van der Waals surface area contributed by atoms with E-state index in [0.717, 1.165) is 83.5 Å². The van der Waals surface area contributed by atoms with Gasteiger partial charge in [0.1, 0.15) is 13.2 Å². The van der Waals surface area contributed by atoms with Crippen LogP contribution in [0.25, 0.3) is 0 Å². The normalized spacial score (nSPS) is 13.5. The average molecular weight is 856 g/mol. The predicted octanol–water partition coefficient (Wildman–Crippen LogP) is 11.8. The number of carbonyl (C=O) groups is 3. The van der Waals surface area contributed by atoms with Gasteiger partial charge in [0.15, 0.2) is 12.4 Å². The Hall–Kier alpha value is -3.27. The van der Waals surface area contributed by atoms with Crippen molar-refractivity contribution in [1.82, 2.24) is 0 Å². The molecule has 0 spiro atoms. The zero-order chi connectivity index (χ0) is 44.9. The highest BCUT2D eigenvalue weighted by atomic mass is 16.7. The van der Waals surface area contributed by atoms with Crippen molar-refractivity contribution in [3.8, 4) is 0 Å². The molecule has 0 radical (unpaired) electrons. The lowest BCUT2D eigenvalue weighted by molar-refractivity contribution is -0.870. The van der Waals surface area contributed by atoms with E-state index in [1.165, 1.54) is 64.2 Å². The van der Waals surface area contributed by atoms with E-state index >= 15 is 0 Å². The lowest BCUT2D eigenvalue weighted by atomic mass is 10.1. The highest BCUT2D eigenvalue weighted by Crippen LogP contribution is 2.14. The van der Waals surface area contributed by atoms with Crippen LogP contribution in [0.5, 0.6) is 0 Å². The van der Waals surface area contributed by atoms with Crippen molar-refractivity contribution in [2.24, 2.45) is 0 Å². The first-order valence-corrected chi connectivity index (χ1v) is 24.1. The number of allylic oxidation sites excluding steroid dienone is 12. The first kappa shape index (κ1) is 57.7. The number of likely N-dealkylation sites (N-methyl/N-ethyl adjacent to an activating group) is 1. The summed E-state index contributed by atoms with van der Waals surface area (Å²) in [5, 5.41) is 11.7. The Morgan fingerprint density at radius 3 is 1.39 bits per heavy atom. The molecule has 0 aliphatic rings. The van der Waals surface area contributed by atoms with Crippen LogP contribution in [-0.2, 0) is 33.3 Å². The highest BCUT2D eigenvalue weighted by molar-refractivity contribution is 5.70. The van der Waals surface area contributed by atoms with Gasteiger partial charge in [0, 0.05) is 12.8 Å². The quantitative estimate of drug-likeness (QED) is 0.0196. The van der Waals surface area contributed by atoms with Gasteiger partial charge in [-0.25, -0.2) is 0 Å². The van der Waals surface area contributed by atoms with Crippen LogP contribution >= 0.6 is 0 Å². The minimum atomic E-state index is -1.62. The maximum atomic E-state index is 12.8. The summed E-state index contributed by atoms with van der Waals surface area (Å²) in [7, 11) is 5.90. The molecular weight excluding hydrogens is 767 g/mol. The fourth-order valence-electron chi connectivity index (χ4n) is 6.24. The smallest absolute Gasteiger partial charge is 0.306 e. The van der Waals surface area contributed by atoms with Gasteiger partial charge in [0.2, 0.25) is 0 Å². The molecule has 0 bridgehead atoms. The fraction of sp³-hybridized carbons (Fsp3) is 0.712. The van der Waals surface area contributed by atoms with E-state index in [1.54, 1.807) is 0 Å². The number of hydrogen-bond acceptors (Lipinski definition) is 8. The van der Waals surface area contributed by atoms with E-state index in [1.807, 2.05) is 21.1 Å². The first-order chi connectivity index (χ1) is 29.6. The zero-order valence-corrected chi connectivity index (χ0v) is 39.5. The molecule has 2 atom stereocenters. The van der Waals surface area contributed by atoms with Crippen molar-refractivity contribution >= 4 is 17.9 Å². The van der Waals surface area contributed by atoms with Crippen molar-refractivity contribution in [1.29, 1.82) is 0 Å². The van der Waals surface area contributed by atoms with Crippen LogP contribution in [-0.4, -0.2) is 82.3 Å². The molecule has 0 N–H and O–H groups in total. The van der Waals surface area contributed by atoms with Gasteiger partial charge in [-0.3, -0.25) is 9.59 Å². The third-order valence-electron chi connectivity index (χ3n) is 9.97. The second-order valence-corrected chi connectivity index (χ2v) is 17.0. The molecular formula is C52H89NO8. The standard InChI is InChI=1S/C52H89NO8/c1-6-8-10-12-14-16-17-18-19-20-21-22-23-24-25-26-27-28-29-30-31-32-33-35-37-39-41-43-50(55)61-48(47-60-52(51(56)57)58-45-44-53(3,4)5)46-59-49(54)42-40-38-36-34-15-13-11-9-7-2/h8,10,14,16,18-19,21-22,24-25,27-28,48,52H,6-7,9,11-13,15,17,20,23,26,29-47H2,1-5H3/b10-8-,16-14-,19-18-,22-21-,25-24-,28-27-. The molecule has 350 valence electrons. The summed E-state index contributed by atoms with van der Waals surface area (Å²) in [6.45, 7) is 4.58. The van der Waals surface area contributed by atoms with E-state index < -0.39 is 24.3 Å². The maximum absolute atomic E-state index is 12.8. The van der Waals surface area contributed by atoms with Crippen molar-refractivity contribution < 1.29 is 42.9 Å². The van der Waals surface area contributed by atoms with Crippen molar-refractivity contribution in [2.45, 2.75) is 193 Å². The third kappa shape index (κ3) is 44.6. The summed E-state index contributed by atoms with van der Waals surface area (Å²) < 4.78 is 22.5. The summed E-state index contributed by atoms with van der Waals surface area (Å²) in [4.78, 5) is 36.9. The minimum Gasteiger partial charge on any atom is -0.545 e. The number of rotatable bonds is 43. The van der Waals surface area contributed by atoms with Crippen LogP contribution < -0.4 is 5.11 Å². The number of hydrogen-bond donors (Lipinski definition) is 0. The van der Waals surface area contributed by atoms with Gasteiger partial charge in [-0.1, -0.05) is 177 Å². The Labute approximate surface area is 373 Å². The van der Waals surface area contributed by atoms with E-state index in [4.69, 9.17) is 18.9 Å². The summed E-state index contributed by atoms with van der Waals surface area (Å²) in [5.41, 5.74) is 0. The number of esters is 2. The van der Waals surface area contributed by atoms with Gasteiger partial charge in [-0.05, 0) is 64.2 Å². The topological polar surface area (TPSA) is 111 Å². The van der Waals surface area contributed by atoms with Crippen molar-refractivity contribution in [3.05, 3.63) is 72.9 Å². The number of aliphatic carboxylic acids is 1. The molecule has 0 saturated carbocycles. The molecule has 0 saturated heterocycles. The number of carboxylic acid groups (broad SMARTS) is 1. The van der Waals surface area contributed by atoms with E-state index in [0.29, 0.717) is 17.4 Å². The van der Waals surface area contributed by atoms with Crippen LogP contribution in [0.2, 0.25) is 0 Å². The van der Waals surface area contributed by atoms with Crippen LogP contribution in [0.15, 0.2) is 72.9 Å². The molecule has 0 aliphatic carbocycles. The predicted molar refractivity (Wildman–Crippen MR) is 251 cm³/mol. The van der Waals surface area contributed by atoms with Crippen LogP contribution in [0.4, 0.5) is 0 Å². The second-order valence-electron chi connectivity index (χ2n) is 17.0. The fourth-order valence-corrected chi connectivity index (χ4v) is 6.24. The Kier molecular flexibility index (Phi) is 41.1. The molecule has 9 heteroatoms. The number of carboxylic acids is 1. The Morgan fingerprint density at radius 1 is 0.508 bits per heavy atom. The maximum Gasteiger partial charge on any atom is 0.306 e. The number of nitrogens with zero attached hydrogens (tertiary/aromatic N) is 1. The number of unbranched alkanes of at least 4 members (excludes halogenated alkanes) is 16. The van der Waals surface area contributed by atoms with Crippen molar-refractivity contribution in [3.63, 3.8) is 0 Å². The van der Waals surface area contributed by atoms with Gasteiger partial charge in [0.05, 0.1) is 40.3 Å². The molecule has 61 heavy (non-hydrogen) atoms. The lowest BCUT2D eigenvalue weighted by Gasteiger charge is -2.26. The van der Waals surface area contributed by atoms with E-state index in [-0.39, 0.29) is 38.6 Å². The van der Waals surface area contributed by atoms with E-state index in [9.17, 15) is 19.5 Å². The summed E-state index contributed by atoms with van der Waals surface area (Å²) in [6, 6.07) is 0. The summed E-state index contributed by atoms with van der Waals surface area (Å²) >= 11 is 0. The van der Waals surface area contributed by atoms with Crippen LogP contribution in [0.3, 0.4) is 0 Å². The van der Waals surface area contributed by atoms with Crippen LogP contribution in [0.1, 0.15) is 181 Å². The van der Waals surface area contributed by atoms with Crippen LogP contribution in [0, 0.1) is 0 Å². The average Bonchev–Trinajstić information content (AvgIpc) is 3.22. The number of ether oxygens (including phenoxy) is 4. The monoisotopic (exact) mass is 856 g/mol. The summed E-state index contributed by atoms with van der Waals surface area (Å²) in [5.74, 6) is -2.30. The highest BCUT2D eigenvalue weighted by Gasteiger charge is 2.21. The molecule has 0 aromatic rings. The van der Waals surface area contributed by atoms with Gasteiger partial charge in [-0.2, -0.15) is 0 Å². The first-order valence-electron chi connectivity index (χ1n) is 24.1. The molecule has 0 aliphatic heterocycles. The van der Waals surface area contributed by atoms with E-state index in [2.05, 4.69) is 86.8 Å². The molecule has 0 rings (SSSR count). The molecule has 0 aromatic heterocycles. The molecule has 9 nitrogen and oxygen atoms in total. The lowest BCUT2D eigenvalue weighted by Crippen LogP contribution is -2.44. The van der Waals surface area contributed by atoms with Gasteiger partial charge >= 0.3 is 11.9 Å². The van der Waals surface area contributed by atoms with Gasteiger partial charge in [0.25, 0.3) is 0 Å². The molecule has 0 fully saturated rings. The molecule has 0 aromatic carbocycles. The molecule has 0 amide bonds. The second kappa shape index (κ2) is 43.4. The summed E-state index contributed by atoms with van der Waals surface area (Å²) in [6.07, 6.45) is 50.9. The Balaban J connectivity index is 4.28. The van der Waals surface area contributed by atoms with Gasteiger partial charge < -0.3 is 33.3 Å². The number of quaternary nitrogens is 1. The zero-order valence-electron chi connectivity index (χ0n) is 39.5. The number of carbonyl (C=O) groups excluding carboxylic acids is 3. The minimum absolute atomic E-state index is 0.144. The largest absolute Gasteiger partial charge is 0.545 e. The van der Waals surface area contributed by atoms with Crippen molar-refractivity contribution in [2.75, 3.05) is 47.5 Å². The molecule has 0 heterocycles. The van der Waals surface area contributed by atoms with Gasteiger partial charge in [-0.15, -0.1) is 0 Å². The third-order valence-corrected chi connectivity index (χ3v) is 9.97. The Morgan fingerprint density at radius 2 is 0.934 bits per heavy atom.